The highest BCUT2D eigenvalue weighted by Gasteiger charge is 2.20. The molecule has 0 saturated heterocycles. The Morgan fingerprint density at radius 3 is 2.07 bits per heavy atom. The van der Waals surface area contributed by atoms with Crippen LogP contribution in [0.2, 0.25) is 0 Å². The van der Waals surface area contributed by atoms with Gasteiger partial charge in [-0.1, -0.05) is 6.07 Å². The van der Waals surface area contributed by atoms with E-state index in [1.807, 2.05) is 0 Å². The van der Waals surface area contributed by atoms with Crippen LogP contribution in [0.5, 0.6) is 11.5 Å². The normalized spacial score (nSPS) is 10.0. The van der Waals surface area contributed by atoms with Gasteiger partial charge in [0, 0.05) is 25.7 Å². The predicted molar refractivity (Wildman–Crippen MR) is 103 cm³/mol. The number of rotatable bonds is 6. The third kappa shape index (κ3) is 4.40. The van der Waals surface area contributed by atoms with Crippen molar-refractivity contribution in [3.05, 3.63) is 53.1 Å². The van der Waals surface area contributed by atoms with Crippen LogP contribution >= 0.6 is 0 Å². The van der Waals surface area contributed by atoms with Gasteiger partial charge in [-0.2, -0.15) is 0 Å². The van der Waals surface area contributed by atoms with E-state index in [0.29, 0.717) is 11.5 Å². The molecule has 0 heterocycles. The number of nitrogens with one attached hydrogen (secondary N) is 1. The Kier molecular flexibility index (Phi) is 6.59. The molecule has 0 aliphatic heterocycles. The maximum Gasteiger partial charge on any atom is 0.337 e. The first-order chi connectivity index (χ1) is 13.3. The van der Waals surface area contributed by atoms with Gasteiger partial charge in [0.05, 0.1) is 38.1 Å². The average molecular weight is 386 g/mol. The minimum atomic E-state index is -0.552. The van der Waals surface area contributed by atoms with Gasteiger partial charge in [-0.25, -0.2) is 4.79 Å². The largest absolute Gasteiger partial charge is 0.493 e. The SMILES string of the molecule is COC(=O)c1cccc(C(=O)Nc2cc(OC)c(OC)cc2C(=O)N(C)C)c1. The maximum absolute atomic E-state index is 12.7. The van der Waals surface area contributed by atoms with Gasteiger partial charge < -0.3 is 24.4 Å². The Morgan fingerprint density at radius 1 is 0.893 bits per heavy atom. The number of hydrogen-bond donors (Lipinski definition) is 1. The number of benzene rings is 2. The molecule has 0 unspecified atom stereocenters. The lowest BCUT2D eigenvalue weighted by molar-refractivity contribution is 0.0600. The van der Waals surface area contributed by atoms with Crippen molar-refractivity contribution in [2.75, 3.05) is 40.7 Å². The molecule has 0 aliphatic carbocycles. The van der Waals surface area contributed by atoms with Crippen LogP contribution in [-0.4, -0.2) is 58.1 Å². The highest BCUT2D eigenvalue weighted by atomic mass is 16.5. The van der Waals surface area contributed by atoms with E-state index in [0.717, 1.165) is 0 Å². The zero-order valence-corrected chi connectivity index (χ0v) is 16.4. The topological polar surface area (TPSA) is 94.2 Å². The van der Waals surface area contributed by atoms with Gasteiger partial charge in [-0.15, -0.1) is 0 Å². The number of hydrogen-bond acceptors (Lipinski definition) is 6. The van der Waals surface area contributed by atoms with E-state index < -0.39 is 11.9 Å². The molecule has 2 aromatic rings. The fourth-order valence-electron chi connectivity index (χ4n) is 2.50. The number of carbonyl (C=O) groups excluding carboxylic acids is 3. The molecule has 0 spiro atoms. The number of methoxy groups -OCH3 is 3. The second kappa shape index (κ2) is 8.90. The first-order valence-corrected chi connectivity index (χ1v) is 8.29. The third-order valence-electron chi connectivity index (χ3n) is 3.95. The zero-order valence-electron chi connectivity index (χ0n) is 16.4. The molecular weight excluding hydrogens is 364 g/mol. The van der Waals surface area contributed by atoms with Gasteiger partial charge in [0.2, 0.25) is 0 Å². The molecule has 0 saturated carbocycles. The average Bonchev–Trinajstić information content (AvgIpc) is 2.72. The summed E-state index contributed by atoms with van der Waals surface area (Å²) in [6, 6.07) is 9.09. The first-order valence-electron chi connectivity index (χ1n) is 8.29. The summed E-state index contributed by atoms with van der Waals surface area (Å²) in [5.74, 6) is -0.649. The number of carbonyl (C=O) groups is 3. The van der Waals surface area contributed by atoms with E-state index in [2.05, 4.69) is 10.1 Å². The fraction of sp³-hybridized carbons (Fsp3) is 0.250. The summed E-state index contributed by atoms with van der Waals surface area (Å²) < 4.78 is 15.2. The van der Waals surface area contributed by atoms with E-state index in [-0.39, 0.29) is 28.3 Å². The Bertz CT molecular complexity index is 908. The molecule has 2 aromatic carbocycles. The summed E-state index contributed by atoms with van der Waals surface area (Å²) in [5.41, 5.74) is 0.970. The van der Waals surface area contributed by atoms with Crippen LogP contribution in [0.3, 0.4) is 0 Å². The molecule has 0 radical (unpaired) electrons. The number of amides is 2. The van der Waals surface area contributed by atoms with Crippen molar-refractivity contribution in [1.82, 2.24) is 4.90 Å². The molecule has 0 fully saturated rings. The van der Waals surface area contributed by atoms with Crippen LogP contribution in [0.4, 0.5) is 5.69 Å². The van der Waals surface area contributed by atoms with Gasteiger partial charge in [0.1, 0.15) is 0 Å². The second-order valence-electron chi connectivity index (χ2n) is 5.98. The molecule has 2 amide bonds. The van der Waals surface area contributed by atoms with Crippen LogP contribution in [0.15, 0.2) is 36.4 Å². The number of esters is 1. The van der Waals surface area contributed by atoms with Crippen molar-refractivity contribution in [3.8, 4) is 11.5 Å². The van der Waals surface area contributed by atoms with Crippen LogP contribution < -0.4 is 14.8 Å². The summed E-state index contributed by atoms with van der Waals surface area (Å²) in [5, 5.41) is 2.70. The molecule has 0 atom stereocenters. The zero-order chi connectivity index (χ0) is 20.8. The quantitative estimate of drug-likeness (QED) is 0.767. The van der Waals surface area contributed by atoms with Crippen LogP contribution in [0, 0.1) is 0 Å². The van der Waals surface area contributed by atoms with E-state index in [9.17, 15) is 14.4 Å². The highest BCUT2D eigenvalue weighted by Crippen LogP contribution is 2.34. The van der Waals surface area contributed by atoms with E-state index >= 15 is 0 Å². The molecular formula is C20H22N2O6. The lowest BCUT2D eigenvalue weighted by atomic mass is 10.1. The highest BCUT2D eigenvalue weighted by molar-refractivity contribution is 6.10. The second-order valence-corrected chi connectivity index (χ2v) is 5.98. The van der Waals surface area contributed by atoms with Crippen LogP contribution in [0.1, 0.15) is 31.1 Å². The van der Waals surface area contributed by atoms with Crippen molar-refractivity contribution in [2.24, 2.45) is 0 Å². The van der Waals surface area contributed by atoms with Crippen LogP contribution in [-0.2, 0) is 4.74 Å². The molecule has 0 aliphatic rings. The number of ether oxygens (including phenoxy) is 3. The van der Waals surface area contributed by atoms with Gasteiger partial charge >= 0.3 is 5.97 Å². The molecule has 28 heavy (non-hydrogen) atoms. The van der Waals surface area contributed by atoms with E-state index in [1.165, 1.54) is 44.4 Å². The smallest absolute Gasteiger partial charge is 0.337 e. The standard InChI is InChI=1S/C20H22N2O6/c1-22(2)19(24)14-10-16(26-3)17(27-4)11-15(14)21-18(23)12-7-6-8-13(9-12)20(25)28-5/h6-11H,1-5H3,(H,21,23). The predicted octanol–water partition coefficient (Wildman–Crippen LogP) is 2.44. The fourth-order valence-corrected chi connectivity index (χ4v) is 2.50. The third-order valence-corrected chi connectivity index (χ3v) is 3.95. The summed E-state index contributed by atoms with van der Waals surface area (Å²) in [4.78, 5) is 38.3. The van der Waals surface area contributed by atoms with E-state index in [4.69, 9.17) is 9.47 Å². The summed E-state index contributed by atoms with van der Waals surface area (Å²) >= 11 is 0. The minimum Gasteiger partial charge on any atom is -0.493 e. The lowest BCUT2D eigenvalue weighted by Gasteiger charge is -2.18. The molecule has 8 heteroatoms. The molecule has 148 valence electrons. The van der Waals surface area contributed by atoms with Gasteiger partial charge in [0.25, 0.3) is 11.8 Å². The molecule has 0 aromatic heterocycles. The van der Waals surface area contributed by atoms with Gasteiger partial charge in [0.15, 0.2) is 11.5 Å². The maximum atomic E-state index is 12.7. The van der Waals surface area contributed by atoms with Crippen molar-refractivity contribution < 1.29 is 28.6 Å². The van der Waals surface area contributed by atoms with Crippen LogP contribution in [0.25, 0.3) is 0 Å². The summed E-state index contributed by atoms with van der Waals surface area (Å²) in [7, 11) is 7.38. The van der Waals surface area contributed by atoms with E-state index in [1.54, 1.807) is 32.3 Å². The Labute approximate surface area is 163 Å². The summed E-state index contributed by atoms with van der Waals surface area (Å²) in [6.07, 6.45) is 0. The van der Waals surface area contributed by atoms with Crippen molar-refractivity contribution in [2.45, 2.75) is 0 Å². The Balaban J connectivity index is 2.45. The molecule has 0 bridgehead atoms. The van der Waals surface area contributed by atoms with Crippen molar-refractivity contribution in [3.63, 3.8) is 0 Å². The summed E-state index contributed by atoms with van der Waals surface area (Å²) in [6.45, 7) is 0. The molecule has 2 rings (SSSR count). The minimum absolute atomic E-state index is 0.236. The van der Waals surface area contributed by atoms with Crippen molar-refractivity contribution >= 4 is 23.5 Å². The number of anilines is 1. The van der Waals surface area contributed by atoms with Gasteiger partial charge in [-0.05, 0) is 24.3 Å². The molecule has 1 N–H and O–H groups in total. The van der Waals surface area contributed by atoms with Gasteiger partial charge in [-0.3, -0.25) is 9.59 Å². The molecule has 8 nitrogen and oxygen atoms in total. The Morgan fingerprint density at radius 2 is 1.50 bits per heavy atom. The Hall–Kier alpha value is -3.55. The number of nitrogens with zero attached hydrogens (tertiary/aromatic N) is 1. The lowest BCUT2D eigenvalue weighted by Crippen LogP contribution is -2.24. The first kappa shape index (κ1) is 20.8. The monoisotopic (exact) mass is 386 g/mol. The van der Waals surface area contributed by atoms with Crippen molar-refractivity contribution in [1.29, 1.82) is 0 Å².